The van der Waals surface area contributed by atoms with Crippen LogP contribution in [-0.4, -0.2) is 61.9 Å². The average Bonchev–Trinajstić information content (AvgIpc) is 2.46. The van der Waals surface area contributed by atoms with Gasteiger partial charge >= 0.3 is 5.97 Å². The molecule has 0 aromatic heterocycles. The highest BCUT2D eigenvalue weighted by Gasteiger charge is 2.30. The third kappa shape index (κ3) is 3.42. The van der Waals surface area contributed by atoms with Crippen molar-refractivity contribution in [3.8, 4) is 0 Å². The first-order chi connectivity index (χ1) is 9.82. The van der Waals surface area contributed by atoms with Crippen molar-refractivity contribution in [3.05, 3.63) is 29.8 Å². The monoisotopic (exact) mass is 312 g/mol. The molecule has 1 fully saturated rings. The third-order valence-corrected chi connectivity index (χ3v) is 5.82. The summed E-state index contributed by atoms with van der Waals surface area (Å²) in [4.78, 5) is 13.1. The van der Waals surface area contributed by atoms with Gasteiger partial charge in [-0.25, -0.2) is 13.2 Å². The van der Waals surface area contributed by atoms with Gasteiger partial charge < -0.3 is 10.0 Å². The second-order valence-electron chi connectivity index (χ2n) is 5.41. The smallest absolute Gasteiger partial charge is 0.335 e. The SMILES string of the molecule is CN1CCCC(N(C)S(=O)(=O)c2ccc(C(=O)O)cc2)C1. The molecule has 6 nitrogen and oxygen atoms in total. The van der Waals surface area contributed by atoms with Crippen LogP contribution in [0.2, 0.25) is 0 Å². The van der Waals surface area contributed by atoms with E-state index in [1.165, 1.54) is 28.6 Å². The number of hydrogen-bond acceptors (Lipinski definition) is 4. The number of carboxylic acid groups (broad SMARTS) is 1. The second kappa shape index (κ2) is 6.13. The molecule has 1 aliphatic rings. The molecule has 2 rings (SSSR count). The molecule has 1 saturated heterocycles. The average molecular weight is 312 g/mol. The second-order valence-corrected chi connectivity index (χ2v) is 7.41. The van der Waals surface area contributed by atoms with Crippen LogP contribution in [0.4, 0.5) is 0 Å². The molecule has 0 amide bonds. The zero-order chi connectivity index (χ0) is 15.6. The first kappa shape index (κ1) is 15.9. The molecule has 1 aromatic carbocycles. The normalized spacial score (nSPS) is 20.6. The molecule has 1 heterocycles. The van der Waals surface area contributed by atoms with Crippen molar-refractivity contribution in [2.75, 3.05) is 27.2 Å². The summed E-state index contributed by atoms with van der Waals surface area (Å²) in [7, 11) is -0.0228. The van der Waals surface area contributed by atoms with Crippen molar-refractivity contribution in [1.29, 1.82) is 0 Å². The maximum absolute atomic E-state index is 12.6. The lowest BCUT2D eigenvalue weighted by atomic mass is 10.1. The Morgan fingerprint density at radius 1 is 1.33 bits per heavy atom. The molecule has 21 heavy (non-hydrogen) atoms. The maximum Gasteiger partial charge on any atom is 0.335 e. The molecule has 1 unspecified atom stereocenters. The van der Waals surface area contributed by atoms with Gasteiger partial charge in [0.15, 0.2) is 0 Å². The zero-order valence-electron chi connectivity index (χ0n) is 12.2. The van der Waals surface area contributed by atoms with Crippen molar-refractivity contribution < 1.29 is 18.3 Å². The first-order valence-electron chi connectivity index (χ1n) is 6.82. The fraction of sp³-hybridized carbons (Fsp3) is 0.500. The predicted octanol–water partition coefficient (Wildman–Crippen LogP) is 1.10. The topological polar surface area (TPSA) is 77.9 Å². The Balaban J connectivity index is 2.22. The van der Waals surface area contributed by atoms with E-state index in [9.17, 15) is 13.2 Å². The Kier molecular flexibility index (Phi) is 4.65. The van der Waals surface area contributed by atoms with E-state index in [1.54, 1.807) is 7.05 Å². The molecule has 1 aliphatic heterocycles. The zero-order valence-corrected chi connectivity index (χ0v) is 13.0. The number of rotatable bonds is 4. The van der Waals surface area contributed by atoms with E-state index < -0.39 is 16.0 Å². The maximum atomic E-state index is 12.6. The Morgan fingerprint density at radius 2 is 1.95 bits per heavy atom. The van der Waals surface area contributed by atoms with E-state index in [0.29, 0.717) is 6.54 Å². The molecule has 0 bridgehead atoms. The molecule has 116 valence electrons. The summed E-state index contributed by atoms with van der Waals surface area (Å²) in [6.45, 7) is 1.70. The highest BCUT2D eigenvalue weighted by atomic mass is 32.2. The molecule has 0 aliphatic carbocycles. The van der Waals surface area contributed by atoms with Gasteiger partial charge in [-0.05, 0) is 50.7 Å². The summed E-state index contributed by atoms with van der Waals surface area (Å²) < 4.78 is 26.6. The van der Waals surface area contributed by atoms with Gasteiger partial charge in [0.25, 0.3) is 0 Å². The predicted molar refractivity (Wildman–Crippen MR) is 78.9 cm³/mol. The van der Waals surface area contributed by atoms with Crippen LogP contribution in [0, 0.1) is 0 Å². The number of benzene rings is 1. The van der Waals surface area contributed by atoms with Crippen LogP contribution in [-0.2, 0) is 10.0 Å². The van der Waals surface area contributed by atoms with E-state index in [2.05, 4.69) is 4.90 Å². The van der Waals surface area contributed by atoms with Crippen LogP contribution in [0.25, 0.3) is 0 Å². The Labute approximate surface area is 125 Å². The molecule has 7 heteroatoms. The number of sulfonamides is 1. The summed E-state index contributed by atoms with van der Waals surface area (Å²) in [5.41, 5.74) is 0.0778. The van der Waals surface area contributed by atoms with Crippen LogP contribution in [0.3, 0.4) is 0 Å². The minimum absolute atomic E-state index is 0.0482. The quantitative estimate of drug-likeness (QED) is 0.901. The van der Waals surface area contributed by atoms with E-state index in [-0.39, 0.29) is 16.5 Å². The molecule has 1 aromatic rings. The van der Waals surface area contributed by atoms with Gasteiger partial charge in [0, 0.05) is 19.6 Å². The summed E-state index contributed by atoms with van der Waals surface area (Å²) >= 11 is 0. The van der Waals surface area contributed by atoms with Gasteiger partial charge in [-0.15, -0.1) is 0 Å². The van der Waals surface area contributed by atoms with Crippen LogP contribution in [0.1, 0.15) is 23.2 Å². The minimum Gasteiger partial charge on any atom is -0.478 e. The van der Waals surface area contributed by atoms with Gasteiger partial charge in [0.1, 0.15) is 0 Å². The van der Waals surface area contributed by atoms with E-state index >= 15 is 0 Å². The van der Waals surface area contributed by atoms with Gasteiger partial charge in [0.2, 0.25) is 10.0 Å². The molecule has 1 atom stereocenters. The van der Waals surface area contributed by atoms with Crippen LogP contribution < -0.4 is 0 Å². The molecular weight excluding hydrogens is 292 g/mol. The Bertz CT molecular complexity index is 612. The van der Waals surface area contributed by atoms with Gasteiger partial charge in [-0.3, -0.25) is 0 Å². The van der Waals surface area contributed by atoms with Crippen molar-refractivity contribution in [1.82, 2.24) is 9.21 Å². The van der Waals surface area contributed by atoms with Crippen molar-refractivity contribution in [2.24, 2.45) is 0 Å². The van der Waals surface area contributed by atoms with Crippen molar-refractivity contribution >= 4 is 16.0 Å². The van der Waals surface area contributed by atoms with E-state index in [1.807, 2.05) is 7.05 Å². The number of likely N-dealkylation sites (tertiary alicyclic amines) is 1. The molecule has 0 saturated carbocycles. The molecule has 0 spiro atoms. The summed E-state index contributed by atoms with van der Waals surface area (Å²) in [6, 6.07) is 5.28. The number of likely N-dealkylation sites (N-methyl/N-ethyl adjacent to an activating group) is 2. The van der Waals surface area contributed by atoms with Gasteiger partial charge in [-0.1, -0.05) is 0 Å². The largest absolute Gasteiger partial charge is 0.478 e. The third-order valence-electron chi connectivity index (χ3n) is 3.89. The number of hydrogen-bond donors (Lipinski definition) is 1. The summed E-state index contributed by atoms with van der Waals surface area (Å²) in [5.74, 6) is -1.07. The number of carbonyl (C=O) groups is 1. The summed E-state index contributed by atoms with van der Waals surface area (Å²) in [5, 5.41) is 8.86. The number of piperidine rings is 1. The lowest BCUT2D eigenvalue weighted by molar-refractivity contribution is 0.0696. The van der Waals surface area contributed by atoms with Gasteiger partial charge in [-0.2, -0.15) is 4.31 Å². The molecule has 0 radical (unpaired) electrons. The van der Waals surface area contributed by atoms with E-state index in [4.69, 9.17) is 5.11 Å². The minimum atomic E-state index is -3.59. The lowest BCUT2D eigenvalue weighted by Crippen LogP contribution is -2.47. The summed E-state index contributed by atoms with van der Waals surface area (Å²) in [6.07, 6.45) is 1.81. The fourth-order valence-corrected chi connectivity index (χ4v) is 3.95. The van der Waals surface area contributed by atoms with Crippen LogP contribution in [0.15, 0.2) is 29.2 Å². The standard InChI is InChI=1S/C14H20N2O4S/c1-15-9-3-4-12(10-15)16(2)21(19,20)13-7-5-11(6-8-13)14(17)18/h5-8,12H,3-4,9-10H2,1-2H3,(H,17,18). The Morgan fingerprint density at radius 3 is 2.48 bits per heavy atom. The first-order valence-corrected chi connectivity index (χ1v) is 8.26. The fourth-order valence-electron chi connectivity index (χ4n) is 2.57. The number of nitrogens with zero attached hydrogens (tertiary/aromatic N) is 2. The number of aromatic carboxylic acids is 1. The highest BCUT2D eigenvalue weighted by Crippen LogP contribution is 2.22. The van der Waals surface area contributed by atoms with Crippen LogP contribution in [0.5, 0.6) is 0 Å². The number of carboxylic acids is 1. The molecular formula is C14H20N2O4S. The Hall–Kier alpha value is -1.44. The van der Waals surface area contributed by atoms with Crippen LogP contribution >= 0.6 is 0 Å². The van der Waals surface area contributed by atoms with Crippen molar-refractivity contribution in [3.63, 3.8) is 0 Å². The van der Waals surface area contributed by atoms with Crippen molar-refractivity contribution in [2.45, 2.75) is 23.8 Å². The lowest BCUT2D eigenvalue weighted by Gasteiger charge is -2.35. The molecule has 1 N–H and O–H groups in total. The highest BCUT2D eigenvalue weighted by molar-refractivity contribution is 7.89. The van der Waals surface area contributed by atoms with Gasteiger partial charge in [0.05, 0.1) is 10.5 Å². The van der Waals surface area contributed by atoms with E-state index in [0.717, 1.165) is 19.4 Å².